The Hall–Kier alpha value is -1.59. The second-order valence-corrected chi connectivity index (χ2v) is 9.50. The van der Waals surface area contributed by atoms with Crippen LogP contribution < -0.4 is 5.32 Å². The number of unbranched alkanes of at least 4 members (excludes halogenated alkanes) is 17. The molecule has 6 nitrogen and oxygen atoms in total. The van der Waals surface area contributed by atoms with Crippen LogP contribution in [0, 0.1) is 0 Å². The summed E-state index contributed by atoms with van der Waals surface area (Å²) in [6.45, 7) is 1.92. The fourth-order valence-electron chi connectivity index (χ4n) is 4.20. The van der Waals surface area contributed by atoms with E-state index >= 15 is 0 Å². The van der Waals surface area contributed by atoms with E-state index in [0.717, 1.165) is 38.5 Å². The van der Waals surface area contributed by atoms with Crippen molar-refractivity contribution in [2.75, 3.05) is 0 Å². The molecular weight excluding hydrogens is 418 g/mol. The van der Waals surface area contributed by atoms with Crippen LogP contribution in [0.2, 0.25) is 0 Å². The first-order chi connectivity index (χ1) is 16.0. The van der Waals surface area contributed by atoms with Crippen LogP contribution in [-0.4, -0.2) is 34.1 Å². The van der Waals surface area contributed by atoms with Crippen molar-refractivity contribution in [2.45, 2.75) is 154 Å². The summed E-state index contributed by atoms with van der Waals surface area (Å²) in [6.07, 6.45) is 23.8. The molecule has 1 atom stereocenters. The molecule has 0 aliphatic carbocycles. The number of carbonyl (C=O) groups is 3. The third-order valence-corrected chi connectivity index (χ3v) is 6.26. The quantitative estimate of drug-likeness (QED) is 0.122. The van der Waals surface area contributed by atoms with Crippen molar-refractivity contribution in [3.8, 4) is 0 Å². The van der Waals surface area contributed by atoms with Crippen LogP contribution in [0.15, 0.2) is 0 Å². The minimum absolute atomic E-state index is 0.135. The zero-order valence-electron chi connectivity index (χ0n) is 21.3. The molecule has 0 radical (unpaired) electrons. The molecule has 6 heteroatoms. The number of carboxylic acid groups (broad SMARTS) is 2. The van der Waals surface area contributed by atoms with Gasteiger partial charge >= 0.3 is 11.9 Å². The van der Waals surface area contributed by atoms with Crippen molar-refractivity contribution in [3.05, 3.63) is 0 Å². The van der Waals surface area contributed by atoms with Crippen molar-refractivity contribution >= 4 is 17.8 Å². The number of carbonyl (C=O) groups excluding carboxylic acids is 1. The Morgan fingerprint density at radius 3 is 1.21 bits per heavy atom. The van der Waals surface area contributed by atoms with E-state index in [0.29, 0.717) is 19.3 Å². The summed E-state index contributed by atoms with van der Waals surface area (Å²) < 4.78 is 0. The summed E-state index contributed by atoms with van der Waals surface area (Å²) in [5, 5.41) is 20.3. The van der Waals surface area contributed by atoms with E-state index in [1.54, 1.807) is 0 Å². The normalized spacial score (nSPS) is 11.9. The Balaban J connectivity index is 3.26. The molecule has 0 aromatic rings. The first kappa shape index (κ1) is 31.4. The number of rotatable bonds is 25. The molecule has 0 bridgehead atoms. The lowest BCUT2D eigenvalue weighted by Crippen LogP contribution is -2.40. The lowest BCUT2D eigenvalue weighted by atomic mass is 10.0. The molecule has 33 heavy (non-hydrogen) atoms. The molecular formula is C27H51NO5. The number of hydrogen-bond acceptors (Lipinski definition) is 3. The molecule has 0 saturated carbocycles. The van der Waals surface area contributed by atoms with Gasteiger partial charge in [-0.05, 0) is 19.3 Å². The number of hydrogen-bond donors (Lipinski definition) is 3. The highest BCUT2D eigenvalue weighted by Crippen LogP contribution is 2.15. The van der Waals surface area contributed by atoms with Crippen LogP contribution in [0.25, 0.3) is 0 Å². The Kier molecular flexibility index (Phi) is 22.4. The first-order valence-corrected chi connectivity index (χ1v) is 13.7. The van der Waals surface area contributed by atoms with Gasteiger partial charge in [0, 0.05) is 12.8 Å². The van der Waals surface area contributed by atoms with Crippen molar-refractivity contribution < 1.29 is 24.6 Å². The Labute approximate surface area is 202 Å². The van der Waals surface area contributed by atoms with Gasteiger partial charge in [-0.25, -0.2) is 4.79 Å². The van der Waals surface area contributed by atoms with E-state index in [4.69, 9.17) is 10.2 Å². The van der Waals surface area contributed by atoms with Gasteiger partial charge in [0.2, 0.25) is 5.91 Å². The third-order valence-electron chi connectivity index (χ3n) is 6.26. The maximum absolute atomic E-state index is 11.8. The number of nitrogens with one attached hydrogen (secondary N) is 1. The predicted molar refractivity (Wildman–Crippen MR) is 134 cm³/mol. The van der Waals surface area contributed by atoms with Gasteiger partial charge in [0.25, 0.3) is 0 Å². The van der Waals surface area contributed by atoms with Gasteiger partial charge < -0.3 is 15.5 Å². The van der Waals surface area contributed by atoms with Gasteiger partial charge in [-0.3, -0.25) is 9.59 Å². The van der Waals surface area contributed by atoms with Crippen LogP contribution in [0.3, 0.4) is 0 Å². The molecule has 0 aromatic carbocycles. The number of amides is 1. The maximum Gasteiger partial charge on any atom is 0.326 e. The predicted octanol–water partition coefficient (Wildman–Crippen LogP) is 7.24. The SMILES string of the molecule is CCCC(NC(=O)CCCCCCCCCCCCCCCCCCCCC(=O)O)C(=O)O. The Bertz CT molecular complexity index is 495. The molecule has 1 unspecified atom stereocenters. The molecule has 0 rings (SSSR count). The van der Waals surface area contributed by atoms with Crippen molar-refractivity contribution in [2.24, 2.45) is 0 Å². The van der Waals surface area contributed by atoms with E-state index in [-0.39, 0.29) is 5.91 Å². The molecule has 0 heterocycles. The van der Waals surface area contributed by atoms with Crippen LogP contribution in [0.1, 0.15) is 148 Å². The van der Waals surface area contributed by atoms with E-state index < -0.39 is 18.0 Å². The monoisotopic (exact) mass is 469 g/mol. The van der Waals surface area contributed by atoms with E-state index in [1.807, 2.05) is 6.92 Å². The highest BCUT2D eigenvalue weighted by Gasteiger charge is 2.18. The van der Waals surface area contributed by atoms with E-state index in [2.05, 4.69) is 5.32 Å². The van der Waals surface area contributed by atoms with Crippen LogP contribution in [0.5, 0.6) is 0 Å². The fourth-order valence-corrected chi connectivity index (χ4v) is 4.20. The summed E-state index contributed by atoms with van der Waals surface area (Å²) >= 11 is 0. The van der Waals surface area contributed by atoms with Gasteiger partial charge in [-0.1, -0.05) is 116 Å². The molecule has 0 saturated heterocycles. The molecule has 0 fully saturated rings. The largest absolute Gasteiger partial charge is 0.481 e. The van der Waals surface area contributed by atoms with Crippen molar-refractivity contribution in [1.29, 1.82) is 0 Å². The van der Waals surface area contributed by atoms with Gasteiger partial charge in [0.05, 0.1) is 0 Å². The van der Waals surface area contributed by atoms with Gasteiger partial charge in [-0.2, -0.15) is 0 Å². The Morgan fingerprint density at radius 1 is 0.576 bits per heavy atom. The van der Waals surface area contributed by atoms with Crippen LogP contribution >= 0.6 is 0 Å². The van der Waals surface area contributed by atoms with Crippen LogP contribution in [0.4, 0.5) is 0 Å². The zero-order valence-corrected chi connectivity index (χ0v) is 21.3. The summed E-state index contributed by atoms with van der Waals surface area (Å²) in [4.78, 5) is 33.3. The molecule has 194 valence electrons. The molecule has 0 spiro atoms. The van der Waals surface area contributed by atoms with E-state index in [9.17, 15) is 14.4 Å². The minimum atomic E-state index is -0.941. The summed E-state index contributed by atoms with van der Waals surface area (Å²) in [5.41, 5.74) is 0. The second kappa shape index (κ2) is 23.6. The number of carboxylic acids is 2. The standard InChI is InChI=1S/C27H51NO5/c1-2-21-24(27(32)33)28-25(29)22-19-17-15-13-11-9-7-5-3-4-6-8-10-12-14-16-18-20-23-26(30)31/h24H,2-23H2,1H3,(H,28,29)(H,30,31)(H,32,33). The maximum atomic E-state index is 11.8. The molecule has 0 aliphatic rings. The molecule has 1 amide bonds. The average Bonchev–Trinajstić information content (AvgIpc) is 2.77. The van der Waals surface area contributed by atoms with Gasteiger partial charge in [0.1, 0.15) is 6.04 Å². The summed E-state index contributed by atoms with van der Waals surface area (Å²) in [7, 11) is 0. The lowest BCUT2D eigenvalue weighted by molar-refractivity contribution is -0.142. The second-order valence-electron chi connectivity index (χ2n) is 9.50. The average molecular weight is 470 g/mol. The van der Waals surface area contributed by atoms with Crippen molar-refractivity contribution in [3.63, 3.8) is 0 Å². The third kappa shape index (κ3) is 23.4. The summed E-state index contributed by atoms with van der Waals surface area (Å²) in [5.74, 6) is -1.75. The van der Waals surface area contributed by atoms with Gasteiger partial charge in [-0.15, -0.1) is 0 Å². The fraction of sp³-hybridized carbons (Fsp3) is 0.889. The van der Waals surface area contributed by atoms with Crippen LogP contribution in [-0.2, 0) is 14.4 Å². The van der Waals surface area contributed by atoms with Crippen molar-refractivity contribution in [1.82, 2.24) is 5.32 Å². The molecule has 0 aromatic heterocycles. The first-order valence-electron chi connectivity index (χ1n) is 13.7. The number of aliphatic carboxylic acids is 2. The van der Waals surface area contributed by atoms with Gasteiger partial charge in [0.15, 0.2) is 0 Å². The topological polar surface area (TPSA) is 104 Å². The highest BCUT2D eigenvalue weighted by molar-refractivity contribution is 5.83. The minimum Gasteiger partial charge on any atom is -0.481 e. The summed E-state index contributed by atoms with van der Waals surface area (Å²) in [6, 6.07) is -0.740. The molecule has 3 N–H and O–H groups in total. The van der Waals surface area contributed by atoms with E-state index in [1.165, 1.54) is 83.5 Å². The highest BCUT2D eigenvalue weighted by atomic mass is 16.4. The molecule has 0 aliphatic heterocycles. The smallest absolute Gasteiger partial charge is 0.326 e. The Morgan fingerprint density at radius 2 is 0.909 bits per heavy atom. The lowest BCUT2D eigenvalue weighted by Gasteiger charge is -2.13. The zero-order chi connectivity index (χ0) is 24.6.